The van der Waals surface area contributed by atoms with Gasteiger partial charge in [-0.15, -0.1) is 5.10 Å². The smallest absolute Gasteiger partial charge is 0.325 e. The van der Waals surface area contributed by atoms with Crippen LogP contribution in [0, 0.1) is 0 Å². The van der Waals surface area contributed by atoms with E-state index in [1.165, 1.54) is 0 Å². The maximum atomic E-state index is 10.3. The normalized spacial score (nSPS) is 10.0. The summed E-state index contributed by atoms with van der Waals surface area (Å²) in [6.07, 6.45) is -0.405. The van der Waals surface area contributed by atoms with E-state index in [-0.39, 0.29) is 11.8 Å². The molecule has 0 radical (unpaired) electrons. The lowest BCUT2D eigenvalue weighted by molar-refractivity contribution is -0.139. The van der Waals surface area contributed by atoms with Gasteiger partial charge < -0.3 is 15.9 Å². The number of hydrogen-bond acceptors (Lipinski definition) is 5. The van der Waals surface area contributed by atoms with Crippen LogP contribution in [0.25, 0.3) is 0 Å². The third kappa shape index (κ3) is 2.44. The van der Waals surface area contributed by atoms with Crippen molar-refractivity contribution in [3.05, 3.63) is 5.82 Å². The molecule has 1 aromatic rings. The van der Waals surface area contributed by atoms with E-state index in [0.717, 1.165) is 4.68 Å². The Morgan fingerprint density at radius 3 is 2.50 bits per heavy atom. The predicted molar refractivity (Wildman–Crippen MR) is 43.4 cm³/mol. The molecule has 14 heavy (non-hydrogen) atoms. The van der Waals surface area contributed by atoms with Crippen LogP contribution in [0.2, 0.25) is 0 Å². The molecule has 0 unspecified atom stereocenters. The van der Waals surface area contributed by atoms with Gasteiger partial charge in [0.25, 0.3) is 0 Å². The minimum atomic E-state index is -1.14. The van der Waals surface area contributed by atoms with Crippen LogP contribution in [-0.2, 0) is 22.6 Å². The molecule has 0 saturated carbocycles. The molecule has 0 aromatic carbocycles. The lowest BCUT2D eigenvalue weighted by atomic mass is 10.4. The second-order valence-electron chi connectivity index (χ2n) is 2.51. The van der Waals surface area contributed by atoms with Crippen molar-refractivity contribution < 1.29 is 19.8 Å². The molecule has 1 aromatic heterocycles. The number of nitrogen functional groups attached to an aromatic ring is 1. The molecule has 8 nitrogen and oxygen atoms in total. The van der Waals surface area contributed by atoms with Crippen molar-refractivity contribution in [1.29, 1.82) is 0 Å². The van der Waals surface area contributed by atoms with E-state index in [0.29, 0.717) is 0 Å². The van der Waals surface area contributed by atoms with Crippen molar-refractivity contribution in [3.63, 3.8) is 0 Å². The number of aliphatic carboxylic acids is 2. The van der Waals surface area contributed by atoms with Gasteiger partial charge in [-0.25, -0.2) is 4.68 Å². The molecule has 0 spiro atoms. The highest BCUT2D eigenvalue weighted by atomic mass is 16.4. The number of nitrogens with zero attached hydrogens (tertiary/aromatic N) is 3. The van der Waals surface area contributed by atoms with Crippen LogP contribution in [0.1, 0.15) is 5.82 Å². The van der Waals surface area contributed by atoms with Gasteiger partial charge in [0.2, 0.25) is 5.95 Å². The first-order valence-corrected chi connectivity index (χ1v) is 3.62. The summed E-state index contributed by atoms with van der Waals surface area (Å²) in [4.78, 5) is 24.3. The summed E-state index contributed by atoms with van der Waals surface area (Å²) in [6.45, 7) is -0.452. The van der Waals surface area contributed by atoms with E-state index in [2.05, 4.69) is 10.1 Å². The lowest BCUT2D eigenvalue weighted by Gasteiger charge is -1.98. The summed E-state index contributed by atoms with van der Waals surface area (Å²) in [5, 5.41) is 20.5. The molecule has 76 valence electrons. The van der Waals surface area contributed by atoms with E-state index in [1.807, 2.05) is 0 Å². The Bertz CT molecular complexity index is 338. The van der Waals surface area contributed by atoms with Crippen LogP contribution >= 0.6 is 0 Å². The van der Waals surface area contributed by atoms with Gasteiger partial charge >= 0.3 is 11.9 Å². The average molecular weight is 200 g/mol. The number of hydrogen-bond donors (Lipinski definition) is 3. The Morgan fingerprint density at radius 2 is 2.00 bits per heavy atom. The standard InChI is InChI=1S/C6H8N4O4/c7-6-8-3(1-4(11)12)10(9-6)2-5(13)14/h1-2H2,(H2,7,9)(H,11,12)(H,13,14). The van der Waals surface area contributed by atoms with Crippen molar-refractivity contribution in [2.75, 3.05) is 5.73 Å². The summed E-state index contributed by atoms with van der Waals surface area (Å²) in [7, 11) is 0. The molecule has 0 atom stereocenters. The van der Waals surface area contributed by atoms with Gasteiger partial charge in [0.15, 0.2) is 0 Å². The third-order valence-corrected chi connectivity index (χ3v) is 1.36. The van der Waals surface area contributed by atoms with Crippen molar-refractivity contribution in [2.45, 2.75) is 13.0 Å². The Kier molecular flexibility index (Phi) is 2.65. The van der Waals surface area contributed by atoms with Gasteiger partial charge in [-0.1, -0.05) is 0 Å². The summed E-state index contributed by atoms with van der Waals surface area (Å²) in [6, 6.07) is 0. The third-order valence-electron chi connectivity index (χ3n) is 1.36. The Hall–Kier alpha value is -2.12. The van der Waals surface area contributed by atoms with Gasteiger partial charge in [-0.05, 0) is 0 Å². The van der Waals surface area contributed by atoms with Crippen molar-refractivity contribution in [1.82, 2.24) is 14.8 Å². The molecular weight excluding hydrogens is 192 g/mol. The van der Waals surface area contributed by atoms with E-state index in [9.17, 15) is 9.59 Å². The van der Waals surface area contributed by atoms with Gasteiger partial charge in [-0.2, -0.15) is 4.98 Å². The largest absolute Gasteiger partial charge is 0.481 e. The second kappa shape index (κ2) is 3.73. The maximum absolute atomic E-state index is 10.3. The first-order valence-electron chi connectivity index (χ1n) is 3.62. The molecule has 0 fully saturated rings. The van der Waals surface area contributed by atoms with E-state index in [1.54, 1.807) is 0 Å². The quantitative estimate of drug-likeness (QED) is 0.542. The minimum absolute atomic E-state index is 0.0254. The summed E-state index contributed by atoms with van der Waals surface area (Å²) in [5.74, 6) is -2.37. The zero-order chi connectivity index (χ0) is 10.7. The van der Waals surface area contributed by atoms with Crippen LogP contribution < -0.4 is 5.73 Å². The van der Waals surface area contributed by atoms with E-state index < -0.39 is 24.9 Å². The molecule has 0 amide bonds. The van der Waals surface area contributed by atoms with Crippen LogP contribution in [0.5, 0.6) is 0 Å². The highest BCUT2D eigenvalue weighted by Crippen LogP contribution is 2.01. The lowest BCUT2D eigenvalue weighted by Crippen LogP contribution is -2.15. The second-order valence-corrected chi connectivity index (χ2v) is 2.51. The first-order chi connectivity index (χ1) is 6.49. The molecule has 8 heteroatoms. The maximum Gasteiger partial charge on any atom is 0.325 e. The summed E-state index contributed by atoms with van der Waals surface area (Å²) >= 11 is 0. The molecule has 1 rings (SSSR count). The number of aromatic nitrogens is 3. The highest BCUT2D eigenvalue weighted by molar-refractivity contribution is 5.70. The molecule has 1 heterocycles. The Balaban J connectivity index is 2.90. The fourth-order valence-electron chi connectivity index (χ4n) is 0.914. The number of carboxylic acid groups (broad SMARTS) is 2. The summed E-state index contributed by atoms with van der Waals surface area (Å²) < 4.78 is 0.950. The predicted octanol–water partition coefficient (Wildman–Crippen LogP) is -1.43. The van der Waals surface area contributed by atoms with Crippen molar-refractivity contribution in [3.8, 4) is 0 Å². The fourth-order valence-corrected chi connectivity index (χ4v) is 0.914. The Morgan fingerprint density at radius 1 is 1.36 bits per heavy atom. The van der Waals surface area contributed by atoms with Gasteiger partial charge in [0.05, 0.1) is 0 Å². The zero-order valence-electron chi connectivity index (χ0n) is 7.04. The molecule has 0 aliphatic carbocycles. The van der Waals surface area contributed by atoms with Crippen molar-refractivity contribution >= 4 is 17.9 Å². The zero-order valence-corrected chi connectivity index (χ0v) is 7.04. The SMILES string of the molecule is Nc1nc(CC(=O)O)n(CC(=O)O)n1. The number of carbonyl (C=O) groups is 2. The minimum Gasteiger partial charge on any atom is -0.481 e. The number of carboxylic acids is 2. The van der Waals surface area contributed by atoms with Gasteiger partial charge in [0.1, 0.15) is 18.8 Å². The monoisotopic (exact) mass is 200 g/mol. The number of anilines is 1. The molecule has 0 aliphatic rings. The van der Waals surface area contributed by atoms with Crippen LogP contribution in [0.15, 0.2) is 0 Å². The van der Waals surface area contributed by atoms with Gasteiger partial charge in [-0.3, -0.25) is 9.59 Å². The van der Waals surface area contributed by atoms with Crippen LogP contribution in [-0.4, -0.2) is 36.9 Å². The van der Waals surface area contributed by atoms with E-state index in [4.69, 9.17) is 15.9 Å². The average Bonchev–Trinajstić information content (AvgIpc) is 2.28. The van der Waals surface area contributed by atoms with E-state index >= 15 is 0 Å². The van der Waals surface area contributed by atoms with Crippen LogP contribution in [0.4, 0.5) is 5.95 Å². The topological polar surface area (TPSA) is 131 Å². The number of rotatable bonds is 4. The molecule has 0 aliphatic heterocycles. The van der Waals surface area contributed by atoms with Crippen molar-refractivity contribution in [2.24, 2.45) is 0 Å². The Labute approximate surface area is 78.0 Å². The number of nitrogens with two attached hydrogens (primary N) is 1. The molecule has 0 bridgehead atoms. The molecular formula is C6H8N4O4. The molecule has 4 N–H and O–H groups in total. The van der Waals surface area contributed by atoms with Gasteiger partial charge in [0, 0.05) is 0 Å². The molecule has 0 saturated heterocycles. The first kappa shape index (κ1) is 9.96. The van der Waals surface area contributed by atoms with Crippen LogP contribution in [0.3, 0.4) is 0 Å². The highest BCUT2D eigenvalue weighted by Gasteiger charge is 2.13. The fraction of sp³-hybridized carbons (Fsp3) is 0.333. The summed E-state index contributed by atoms with van der Waals surface area (Å²) in [5.41, 5.74) is 5.20.